The van der Waals surface area contributed by atoms with Crippen LogP contribution in [0.15, 0.2) is 60.7 Å². The molecular weight excluding hydrogens is 549 g/mol. The van der Waals surface area contributed by atoms with E-state index in [9.17, 15) is 9.59 Å². The predicted molar refractivity (Wildman–Crippen MR) is 158 cm³/mol. The Labute approximate surface area is 242 Å². The van der Waals surface area contributed by atoms with Crippen LogP contribution in [0.2, 0.25) is 10.0 Å². The summed E-state index contributed by atoms with van der Waals surface area (Å²) in [6.07, 6.45) is 0. The average molecular weight is 576 g/mol. The Kier molecular flexibility index (Phi) is 6.09. The zero-order valence-electron chi connectivity index (χ0n) is 22.6. The second-order valence-corrected chi connectivity index (χ2v) is 11.2. The number of ether oxygens (including phenoxy) is 1. The van der Waals surface area contributed by atoms with Crippen molar-refractivity contribution in [3.63, 3.8) is 0 Å². The Morgan fingerprint density at radius 1 is 1.00 bits per heavy atom. The van der Waals surface area contributed by atoms with Gasteiger partial charge in [0.05, 0.1) is 18.4 Å². The van der Waals surface area contributed by atoms with Crippen LogP contribution in [-0.4, -0.2) is 42.6 Å². The molecule has 8 nitrogen and oxygen atoms in total. The van der Waals surface area contributed by atoms with Gasteiger partial charge in [-0.3, -0.25) is 14.5 Å². The van der Waals surface area contributed by atoms with E-state index in [1.54, 1.807) is 49.6 Å². The second-order valence-electron chi connectivity index (χ2n) is 10.4. The van der Waals surface area contributed by atoms with Gasteiger partial charge in [0.15, 0.2) is 11.2 Å². The number of fused-ring (bicyclic) bond motifs is 4. The summed E-state index contributed by atoms with van der Waals surface area (Å²) in [6, 6.07) is 17.8. The molecule has 2 aliphatic heterocycles. The van der Waals surface area contributed by atoms with Crippen molar-refractivity contribution < 1.29 is 14.3 Å². The molecule has 40 heavy (non-hydrogen) atoms. The van der Waals surface area contributed by atoms with Crippen molar-refractivity contribution in [1.29, 1.82) is 0 Å². The minimum atomic E-state index is -1.54. The topological polar surface area (TPSA) is 79.7 Å². The normalized spacial score (nSPS) is 17.4. The van der Waals surface area contributed by atoms with Crippen LogP contribution in [0, 0.1) is 0 Å². The number of rotatable bonds is 5. The first-order chi connectivity index (χ1) is 19.1. The van der Waals surface area contributed by atoms with Gasteiger partial charge < -0.3 is 19.5 Å². The maximum atomic E-state index is 14.4. The molecule has 0 saturated heterocycles. The number of methoxy groups -OCH3 is 1. The third kappa shape index (κ3) is 3.56. The number of nitrogens with one attached hydrogen (secondary N) is 1. The van der Waals surface area contributed by atoms with Gasteiger partial charge in [-0.25, -0.2) is 4.98 Å². The largest absolute Gasteiger partial charge is 0.496 e. The fourth-order valence-corrected chi connectivity index (χ4v) is 6.14. The van der Waals surface area contributed by atoms with Crippen molar-refractivity contribution in [2.45, 2.75) is 25.4 Å². The van der Waals surface area contributed by atoms with Crippen LogP contribution in [-0.2, 0) is 10.3 Å². The molecule has 0 aliphatic carbocycles. The van der Waals surface area contributed by atoms with Crippen LogP contribution in [0.3, 0.4) is 0 Å². The molecule has 1 atom stereocenters. The molecule has 10 heteroatoms. The Morgan fingerprint density at radius 2 is 1.75 bits per heavy atom. The van der Waals surface area contributed by atoms with E-state index in [-0.39, 0.29) is 17.6 Å². The Bertz CT molecular complexity index is 1710. The van der Waals surface area contributed by atoms with Crippen LogP contribution < -0.4 is 19.9 Å². The molecule has 3 heterocycles. The van der Waals surface area contributed by atoms with Crippen molar-refractivity contribution in [2.24, 2.45) is 0 Å². The molecule has 1 spiro atoms. The Hall–Kier alpha value is -4.01. The van der Waals surface area contributed by atoms with Crippen LogP contribution in [0.25, 0.3) is 11.4 Å². The molecule has 1 N–H and O–H groups in total. The highest BCUT2D eigenvalue weighted by Crippen LogP contribution is 2.54. The minimum absolute atomic E-state index is 0.169. The molecule has 3 aromatic carbocycles. The van der Waals surface area contributed by atoms with E-state index in [1.165, 1.54) is 4.90 Å². The van der Waals surface area contributed by atoms with Gasteiger partial charge in [0.1, 0.15) is 11.6 Å². The van der Waals surface area contributed by atoms with Crippen molar-refractivity contribution in [1.82, 2.24) is 9.55 Å². The summed E-state index contributed by atoms with van der Waals surface area (Å²) in [5, 5.41) is 3.90. The summed E-state index contributed by atoms with van der Waals surface area (Å²) in [4.78, 5) is 37.0. The van der Waals surface area contributed by atoms with Crippen molar-refractivity contribution in [3.05, 3.63) is 87.7 Å². The molecule has 0 fully saturated rings. The third-order valence-corrected chi connectivity index (χ3v) is 7.94. The van der Waals surface area contributed by atoms with Gasteiger partial charge in [-0.2, -0.15) is 0 Å². The molecule has 0 radical (unpaired) electrons. The third-order valence-electron chi connectivity index (χ3n) is 7.47. The number of carbonyl (C=O) groups is 2. The van der Waals surface area contributed by atoms with Gasteiger partial charge in [-0.15, -0.1) is 0 Å². The molecule has 6 rings (SSSR count). The van der Waals surface area contributed by atoms with E-state index in [4.69, 9.17) is 32.9 Å². The standard InChI is InChI=1S/C30H27Cl2N5O3/c1-16(2)36-26-25(34-27(36)21-11-10-19(35(3)4)15-24(21)40-5)28(38)37(20-8-6-7-17(31)13-20)30(26)22-12-9-18(32)14-23(22)33-29(30)39/h6-16H,1-5H3,(H,33,39). The van der Waals surface area contributed by atoms with Gasteiger partial charge in [0, 0.05) is 58.9 Å². The van der Waals surface area contributed by atoms with Crippen molar-refractivity contribution in [3.8, 4) is 17.1 Å². The fraction of sp³-hybridized carbons (Fsp3) is 0.233. The number of anilines is 3. The lowest BCUT2D eigenvalue weighted by atomic mass is 9.87. The number of imidazole rings is 1. The summed E-state index contributed by atoms with van der Waals surface area (Å²) in [7, 11) is 5.51. The maximum absolute atomic E-state index is 14.4. The van der Waals surface area contributed by atoms with Crippen LogP contribution in [0.4, 0.5) is 17.1 Å². The second kappa shape index (κ2) is 9.28. The molecule has 0 bridgehead atoms. The molecule has 204 valence electrons. The summed E-state index contributed by atoms with van der Waals surface area (Å²) in [6.45, 7) is 4.00. The maximum Gasteiger partial charge on any atom is 0.280 e. The Balaban J connectivity index is 1.70. The van der Waals surface area contributed by atoms with Crippen LogP contribution in [0.1, 0.15) is 41.6 Å². The lowest BCUT2D eigenvalue weighted by molar-refractivity contribution is -0.119. The van der Waals surface area contributed by atoms with Crippen LogP contribution in [0.5, 0.6) is 5.75 Å². The van der Waals surface area contributed by atoms with Gasteiger partial charge in [0.25, 0.3) is 11.8 Å². The lowest BCUT2D eigenvalue weighted by Gasteiger charge is -2.35. The van der Waals surface area contributed by atoms with E-state index >= 15 is 0 Å². The number of nitrogens with zero attached hydrogens (tertiary/aromatic N) is 4. The number of hydrogen-bond acceptors (Lipinski definition) is 5. The smallest absolute Gasteiger partial charge is 0.280 e. The number of aromatic nitrogens is 2. The molecule has 1 unspecified atom stereocenters. The van der Waals surface area contributed by atoms with E-state index in [0.717, 1.165) is 5.69 Å². The predicted octanol–water partition coefficient (Wildman–Crippen LogP) is 6.37. The van der Waals surface area contributed by atoms with Gasteiger partial charge in [0.2, 0.25) is 0 Å². The summed E-state index contributed by atoms with van der Waals surface area (Å²) in [5.74, 6) is 0.365. The molecule has 2 aliphatic rings. The molecule has 0 saturated carbocycles. The number of carbonyl (C=O) groups excluding carboxylic acids is 2. The highest BCUT2D eigenvalue weighted by atomic mass is 35.5. The molecule has 4 aromatic rings. The average Bonchev–Trinajstić information content (AvgIpc) is 3.52. The fourth-order valence-electron chi connectivity index (χ4n) is 5.78. The molecule has 1 aromatic heterocycles. The number of halogens is 2. The molecule has 2 amide bonds. The SMILES string of the molecule is COc1cc(N(C)C)ccc1-c1nc2c(n1C(C)C)C1(C(=O)Nc3cc(Cl)ccc31)N(c1cccc(Cl)c1)C2=O. The van der Waals surface area contributed by atoms with E-state index in [0.29, 0.717) is 49.8 Å². The molecular formula is C30H27Cl2N5O3. The highest BCUT2D eigenvalue weighted by Gasteiger charge is 2.64. The number of benzene rings is 3. The quantitative estimate of drug-likeness (QED) is 0.299. The number of amides is 2. The van der Waals surface area contributed by atoms with E-state index < -0.39 is 11.4 Å². The van der Waals surface area contributed by atoms with Crippen LogP contribution >= 0.6 is 23.2 Å². The first kappa shape index (κ1) is 26.2. The highest BCUT2D eigenvalue weighted by molar-refractivity contribution is 6.32. The lowest BCUT2D eigenvalue weighted by Crippen LogP contribution is -2.51. The van der Waals surface area contributed by atoms with Gasteiger partial charge in [-0.1, -0.05) is 35.3 Å². The van der Waals surface area contributed by atoms with E-state index in [2.05, 4.69) is 5.32 Å². The zero-order valence-corrected chi connectivity index (χ0v) is 24.1. The first-order valence-corrected chi connectivity index (χ1v) is 13.5. The summed E-state index contributed by atoms with van der Waals surface area (Å²) in [5.41, 5.74) is 2.44. The number of hydrogen-bond donors (Lipinski definition) is 1. The zero-order chi connectivity index (χ0) is 28.5. The summed E-state index contributed by atoms with van der Waals surface area (Å²) >= 11 is 12.7. The van der Waals surface area contributed by atoms with E-state index in [1.807, 2.05) is 55.6 Å². The van der Waals surface area contributed by atoms with Crippen molar-refractivity contribution in [2.75, 3.05) is 36.3 Å². The minimum Gasteiger partial charge on any atom is -0.496 e. The van der Waals surface area contributed by atoms with Crippen molar-refractivity contribution >= 4 is 52.1 Å². The van der Waals surface area contributed by atoms with Gasteiger partial charge >= 0.3 is 0 Å². The Morgan fingerprint density at radius 3 is 2.42 bits per heavy atom. The summed E-state index contributed by atoms with van der Waals surface area (Å²) < 4.78 is 7.75. The van der Waals surface area contributed by atoms with Gasteiger partial charge in [-0.05, 0) is 56.3 Å². The monoisotopic (exact) mass is 575 g/mol. The first-order valence-electron chi connectivity index (χ1n) is 12.8.